The molecule has 1 amide bonds. The highest BCUT2D eigenvalue weighted by Gasteiger charge is 2.18. The molecule has 7 nitrogen and oxygen atoms in total. The summed E-state index contributed by atoms with van der Waals surface area (Å²) >= 11 is 2.68. The summed E-state index contributed by atoms with van der Waals surface area (Å²) < 4.78 is 1.36. The first kappa shape index (κ1) is 15.8. The number of amides is 1. The Morgan fingerprint density at radius 3 is 2.87 bits per heavy atom. The molecule has 0 aliphatic heterocycles. The maximum Gasteiger partial charge on any atom is 0.271 e. The van der Waals surface area contributed by atoms with Crippen LogP contribution in [0.5, 0.6) is 0 Å². The van der Waals surface area contributed by atoms with Gasteiger partial charge in [0, 0.05) is 23.7 Å². The van der Waals surface area contributed by atoms with Crippen molar-refractivity contribution in [2.45, 2.75) is 32.6 Å². The molecule has 0 unspecified atom stereocenters. The van der Waals surface area contributed by atoms with E-state index in [1.54, 1.807) is 11.6 Å². The lowest BCUT2D eigenvalue weighted by atomic mass is 10.1. The molecule has 3 heterocycles. The van der Waals surface area contributed by atoms with E-state index < -0.39 is 11.5 Å². The van der Waals surface area contributed by atoms with Crippen molar-refractivity contribution in [2.75, 3.05) is 5.32 Å². The number of rotatable bonds is 5. The molecule has 0 atom stereocenters. The molecule has 0 aliphatic rings. The van der Waals surface area contributed by atoms with Gasteiger partial charge < -0.3 is 0 Å². The Morgan fingerprint density at radius 1 is 1.35 bits per heavy atom. The number of fused-ring (bicyclic) bond motifs is 1. The Balaban J connectivity index is 1.83. The third-order valence-corrected chi connectivity index (χ3v) is 5.36. The SMILES string of the molecule is CCC(CC)c1nnc(NC(=O)c2cnc3sccn3c2=O)s1. The van der Waals surface area contributed by atoms with Crippen molar-refractivity contribution in [3.8, 4) is 0 Å². The van der Waals surface area contributed by atoms with Gasteiger partial charge in [-0.15, -0.1) is 21.5 Å². The predicted octanol–water partition coefficient (Wildman–Crippen LogP) is 2.76. The number of thiazole rings is 1. The van der Waals surface area contributed by atoms with Gasteiger partial charge in [0.05, 0.1) is 0 Å². The van der Waals surface area contributed by atoms with Crippen molar-refractivity contribution >= 4 is 38.7 Å². The summed E-state index contributed by atoms with van der Waals surface area (Å²) in [6.07, 6.45) is 4.84. The highest BCUT2D eigenvalue weighted by molar-refractivity contribution is 7.15. The minimum Gasteiger partial charge on any atom is -0.296 e. The number of nitrogens with zero attached hydrogens (tertiary/aromatic N) is 4. The van der Waals surface area contributed by atoms with Gasteiger partial charge in [0.25, 0.3) is 11.5 Å². The molecule has 3 rings (SSSR count). The Morgan fingerprint density at radius 2 is 2.13 bits per heavy atom. The van der Waals surface area contributed by atoms with Crippen LogP contribution < -0.4 is 10.9 Å². The minimum atomic E-state index is -0.518. The van der Waals surface area contributed by atoms with Crippen LogP contribution in [0.25, 0.3) is 4.96 Å². The average molecular weight is 349 g/mol. The highest BCUT2D eigenvalue weighted by atomic mass is 32.1. The van der Waals surface area contributed by atoms with Gasteiger partial charge in [-0.2, -0.15) is 0 Å². The number of nitrogens with one attached hydrogen (secondary N) is 1. The van der Waals surface area contributed by atoms with Crippen LogP contribution in [0.1, 0.15) is 48.0 Å². The molecular formula is C14H15N5O2S2. The monoisotopic (exact) mass is 349 g/mol. The lowest BCUT2D eigenvalue weighted by Crippen LogP contribution is -2.25. The molecular weight excluding hydrogens is 334 g/mol. The second-order valence-corrected chi connectivity index (χ2v) is 6.83. The number of hydrogen-bond acceptors (Lipinski definition) is 7. The standard InChI is InChI=1S/C14H15N5O2S2/c1-3-8(4-2)11-17-18-13(23-11)16-10(20)9-7-15-14-19(12(9)21)5-6-22-14/h5-8H,3-4H2,1-2H3,(H,16,18,20). The van der Waals surface area contributed by atoms with Crippen LogP contribution in [0.3, 0.4) is 0 Å². The fourth-order valence-corrected chi connectivity index (χ4v) is 3.91. The normalized spacial score (nSPS) is 11.3. The summed E-state index contributed by atoms with van der Waals surface area (Å²) in [6.45, 7) is 4.19. The predicted molar refractivity (Wildman–Crippen MR) is 90.5 cm³/mol. The van der Waals surface area contributed by atoms with E-state index in [1.807, 2.05) is 0 Å². The van der Waals surface area contributed by atoms with Crippen LogP contribution in [-0.4, -0.2) is 25.5 Å². The fourth-order valence-electron chi connectivity index (χ4n) is 2.23. The van der Waals surface area contributed by atoms with Gasteiger partial charge in [0.2, 0.25) is 5.13 Å². The third kappa shape index (κ3) is 3.02. The molecule has 0 fully saturated rings. The van der Waals surface area contributed by atoms with Crippen molar-refractivity contribution in [1.29, 1.82) is 0 Å². The number of aromatic nitrogens is 4. The summed E-state index contributed by atoms with van der Waals surface area (Å²) in [5.41, 5.74) is -0.404. The Bertz CT molecular complexity index is 894. The van der Waals surface area contributed by atoms with E-state index in [0.717, 1.165) is 17.8 Å². The van der Waals surface area contributed by atoms with E-state index in [-0.39, 0.29) is 5.56 Å². The molecule has 0 radical (unpaired) electrons. The van der Waals surface area contributed by atoms with Gasteiger partial charge >= 0.3 is 0 Å². The first-order valence-corrected chi connectivity index (χ1v) is 8.93. The van der Waals surface area contributed by atoms with Gasteiger partial charge in [-0.05, 0) is 12.8 Å². The Hall–Kier alpha value is -2.13. The lowest BCUT2D eigenvalue weighted by Gasteiger charge is -2.05. The second-order valence-electron chi connectivity index (χ2n) is 4.95. The molecule has 0 saturated heterocycles. The van der Waals surface area contributed by atoms with Crippen molar-refractivity contribution in [2.24, 2.45) is 0 Å². The summed E-state index contributed by atoms with van der Waals surface area (Å²) in [6, 6.07) is 0. The summed E-state index contributed by atoms with van der Waals surface area (Å²) in [7, 11) is 0. The zero-order valence-electron chi connectivity index (χ0n) is 12.6. The molecule has 0 spiro atoms. The van der Waals surface area contributed by atoms with Crippen LogP contribution >= 0.6 is 22.7 Å². The first-order chi connectivity index (χ1) is 11.1. The number of carbonyl (C=O) groups excluding carboxylic acids is 1. The van der Waals surface area contributed by atoms with E-state index >= 15 is 0 Å². The third-order valence-electron chi connectivity index (χ3n) is 3.58. The smallest absolute Gasteiger partial charge is 0.271 e. The van der Waals surface area contributed by atoms with Crippen LogP contribution in [0.15, 0.2) is 22.6 Å². The van der Waals surface area contributed by atoms with Crippen molar-refractivity contribution in [3.63, 3.8) is 0 Å². The molecule has 3 aromatic rings. The summed E-state index contributed by atoms with van der Waals surface area (Å²) in [5, 5.41) is 13.8. The molecule has 23 heavy (non-hydrogen) atoms. The van der Waals surface area contributed by atoms with Crippen LogP contribution in [0.4, 0.5) is 5.13 Å². The molecule has 0 aromatic carbocycles. The van der Waals surface area contributed by atoms with Gasteiger partial charge in [0.15, 0.2) is 4.96 Å². The number of hydrogen-bond donors (Lipinski definition) is 1. The summed E-state index contributed by atoms with van der Waals surface area (Å²) in [5.74, 6) is -0.178. The van der Waals surface area contributed by atoms with Gasteiger partial charge in [-0.3, -0.25) is 19.3 Å². The van der Waals surface area contributed by atoms with E-state index in [4.69, 9.17) is 0 Å². The maximum atomic E-state index is 12.3. The highest BCUT2D eigenvalue weighted by Crippen LogP contribution is 2.28. The number of anilines is 1. The van der Waals surface area contributed by atoms with Crippen LogP contribution in [0.2, 0.25) is 0 Å². The van der Waals surface area contributed by atoms with E-state index in [9.17, 15) is 9.59 Å². The van der Waals surface area contributed by atoms with Gasteiger partial charge in [-0.1, -0.05) is 25.2 Å². The first-order valence-electron chi connectivity index (χ1n) is 7.23. The fraction of sp³-hybridized carbons (Fsp3) is 0.357. The van der Waals surface area contributed by atoms with Gasteiger partial charge in [-0.25, -0.2) is 4.98 Å². The quantitative estimate of drug-likeness (QED) is 0.765. The van der Waals surface area contributed by atoms with Crippen molar-refractivity contribution in [3.05, 3.63) is 38.7 Å². The largest absolute Gasteiger partial charge is 0.296 e. The van der Waals surface area contributed by atoms with Crippen LogP contribution in [-0.2, 0) is 0 Å². The average Bonchev–Trinajstić information content (AvgIpc) is 3.18. The van der Waals surface area contributed by atoms with E-state index in [0.29, 0.717) is 16.0 Å². The number of carbonyl (C=O) groups is 1. The summed E-state index contributed by atoms with van der Waals surface area (Å²) in [4.78, 5) is 29.2. The van der Waals surface area contributed by atoms with Crippen molar-refractivity contribution < 1.29 is 4.79 Å². The second kappa shape index (κ2) is 6.55. The van der Waals surface area contributed by atoms with E-state index in [1.165, 1.54) is 33.3 Å². The minimum absolute atomic E-state index is 0.0137. The molecule has 1 N–H and O–H groups in total. The van der Waals surface area contributed by atoms with E-state index in [2.05, 4.69) is 34.3 Å². The molecule has 0 bridgehead atoms. The Kier molecular flexibility index (Phi) is 4.49. The Labute approximate surface area is 140 Å². The zero-order valence-corrected chi connectivity index (χ0v) is 14.3. The molecule has 0 saturated carbocycles. The topological polar surface area (TPSA) is 89.2 Å². The molecule has 120 valence electrons. The zero-order chi connectivity index (χ0) is 16.4. The molecule has 3 aromatic heterocycles. The van der Waals surface area contributed by atoms with Crippen molar-refractivity contribution in [1.82, 2.24) is 19.6 Å². The molecule has 9 heteroatoms. The molecule has 0 aliphatic carbocycles. The van der Waals surface area contributed by atoms with Crippen LogP contribution in [0, 0.1) is 0 Å². The van der Waals surface area contributed by atoms with Gasteiger partial charge in [0.1, 0.15) is 10.6 Å². The lowest BCUT2D eigenvalue weighted by molar-refractivity contribution is 0.102. The maximum absolute atomic E-state index is 12.3.